The average molecular weight is 311 g/mol. The van der Waals surface area contributed by atoms with Crippen molar-refractivity contribution in [3.63, 3.8) is 0 Å². The Labute approximate surface area is 129 Å². The van der Waals surface area contributed by atoms with E-state index < -0.39 is 24.1 Å². The summed E-state index contributed by atoms with van der Waals surface area (Å²) in [4.78, 5) is 22.6. The molecule has 7 heteroatoms. The number of amides is 1. The lowest BCUT2D eigenvalue weighted by Gasteiger charge is -2.16. The van der Waals surface area contributed by atoms with Gasteiger partial charge in [-0.1, -0.05) is 12.1 Å². The van der Waals surface area contributed by atoms with Crippen LogP contribution in [0.15, 0.2) is 24.3 Å². The van der Waals surface area contributed by atoms with Gasteiger partial charge in [-0.3, -0.25) is 4.79 Å². The highest BCUT2D eigenvalue weighted by atomic mass is 16.5. The van der Waals surface area contributed by atoms with Gasteiger partial charge in [0.2, 0.25) is 5.91 Å². The second-order valence-electron chi connectivity index (χ2n) is 4.61. The van der Waals surface area contributed by atoms with Crippen molar-refractivity contribution in [1.82, 2.24) is 5.32 Å². The molecule has 0 radical (unpaired) electrons. The van der Waals surface area contributed by atoms with Gasteiger partial charge in [0, 0.05) is 7.11 Å². The van der Waals surface area contributed by atoms with Gasteiger partial charge in [-0.05, 0) is 24.6 Å². The lowest BCUT2D eigenvalue weighted by atomic mass is 10.2. The van der Waals surface area contributed by atoms with Gasteiger partial charge in [-0.25, -0.2) is 4.79 Å². The Morgan fingerprint density at radius 1 is 1.32 bits per heavy atom. The maximum Gasteiger partial charge on any atom is 0.334 e. The minimum absolute atomic E-state index is 0.114. The van der Waals surface area contributed by atoms with Crippen LogP contribution in [0.1, 0.15) is 12.5 Å². The van der Waals surface area contributed by atoms with Gasteiger partial charge in [-0.2, -0.15) is 0 Å². The Bertz CT molecular complexity index is 505. The van der Waals surface area contributed by atoms with E-state index in [1.54, 1.807) is 14.0 Å². The lowest BCUT2D eigenvalue weighted by Crippen LogP contribution is -2.42. The van der Waals surface area contributed by atoms with Crippen molar-refractivity contribution in [3.8, 4) is 5.75 Å². The second kappa shape index (κ2) is 9.01. The van der Waals surface area contributed by atoms with Gasteiger partial charge >= 0.3 is 5.97 Å². The largest absolute Gasteiger partial charge is 0.497 e. The first kappa shape index (κ1) is 17.9. The molecule has 1 rings (SSSR count). The maximum atomic E-state index is 11.8. The number of nitrogens with one attached hydrogen (secondary N) is 1. The summed E-state index contributed by atoms with van der Waals surface area (Å²) < 4.78 is 15.3. The minimum Gasteiger partial charge on any atom is -0.497 e. The van der Waals surface area contributed by atoms with Crippen molar-refractivity contribution in [2.75, 3.05) is 20.8 Å². The number of hydrogen-bond donors (Lipinski definition) is 2. The average Bonchev–Trinajstić information content (AvgIpc) is 2.52. The molecule has 2 atom stereocenters. The van der Waals surface area contributed by atoms with Crippen LogP contribution >= 0.6 is 0 Å². The van der Waals surface area contributed by atoms with Crippen molar-refractivity contribution in [3.05, 3.63) is 29.8 Å². The van der Waals surface area contributed by atoms with E-state index in [-0.39, 0.29) is 13.2 Å². The van der Waals surface area contributed by atoms with Crippen LogP contribution in [0, 0.1) is 0 Å². The predicted molar refractivity (Wildman–Crippen MR) is 78.7 cm³/mol. The third-order valence-electron chi connectivity index (χ3n) is 3.03. The van der Waals surface area contributed by atoms with E-state index in [2.05, 4.69) is 5.32 Å². The molecule has 0 aliphatic heterocycles. The first-order valence-electron chi connectivity index (χ1n) is 6.75. The van der Waals surface area contributed by atoms with Crippen LogP contribution in [-0.4, -0.2) is 50.0 Å². The number of carbonyl (C=O) groups excluding carboxylic acids is 1. The van der Waals surface area contributed by atoms with E-state index in [1.807, 2.05) is 24.3 Å². The Hall–Kier alpha value is -2.12. The minimum atomic E-state index is -1.13. The number of hydrogen-bond acceptors (Lipinski definition) is 5. The number of carboxylic acid groups (broad SMARTS) is 1. The molecule has 122 valence electrons. The summed E-state index contributed by atoms with van der Waals surface area (Å²) in [6, 6.07) is 7.32. The number of carboxylic acids is 1. The molecule has 0 aromatic heterocycles. The molecule has 0 aliphatic carbocycles. The molecule has 0 bridgehead atoms. The topological polar surface area (TPSA) is 94.1 Å². The smallest absolute Gasteiger partial charge is 0.334 e. The van der Waals surface area contributed by atoms with Crippen molar-refractivity contribution in [2.24, 2.45) is 0 Å². The van der Waals surface area contributed by atoms with Gasteiger partial charge in [-0.15, -0.1) is 0 Å². The highest BCUT2D eigenvalue weighted by Gasteiger charge is 2.20. The second-order valence-corrected chi connectivity index (χ2v) is 4.61. The predicted octanol–water partition coefficient (Wildman–Crippen LogP) is 0.816. The summed E-state index contributed by atoms with van der Waals surface area (Å²) in [5.74, 6) is -0.818. The molecule has 0 saturated heterocycles. The zero-order chi connectivity index (χ0) is 16.5. The Morgan fingerprint density at radius 2 is 2.05 bits per heavy atom. The number of aliphatic carboxylic acids is 1. The molecule has 1 amide bonds. The van der Waals surface area contributed by atoms with Crippen LogP contribution in [0.2, 0.25) is 0 Å². The summed E-state index contributed by atoms with van der Waals surface area (Å²) in [5, 5.41) is 11.3. The van der Waals surface area contributed by atoms with Crippen molar-refractivity contribution in [1.29, 1.82) is 0 Å². The van der Waals surface area contributed by atoms with Crippen LogP contribution in [0.25, 0.3) is 0 Å². The van der Waals surface area contributed by atoms with E-state index in [4.69, 9.17) is 19.3 Å². The summed E-state index contributed by atoms with van der Waals surface area (Å²) in [6.45, 7) is 1.73. The van der Waals surface area contributed by atoms with Crippen LogP contribution in [0.5, 0.6) is 5.75 Å². The Kier molecular flexibility index (Phi) is 7.34. The molecule has 0 fully saturated rings. The fourth-order valence-corrected chi connectivity index (χ4v) is 1.67. The van der Waals surface area contributed by atoms with E-state index in [0.717, 1.165) is 5.56 Å². The maximum absolute atomic E-state index is 11.8. The van der Waals surface area contributed by atoms with Gasteiger partial charge in [0.15, 0.2) is 6.10 Å². The van der Waals surface area contributed by atoms with Crippen LogP contribution in [0.4, 0.5) is 0 Å². The highest BCUT2D eigenvalue weighted by molar-refractivity contribution is 5.81. The van der Waals surface area contributed by atoms with E-state index in [0.29, 0.717) is 5.75 Å². The molecule has 7 nitrogen and oxygen atoms in total. The molecule has 22 heavy (non-hydrogen) atoms. The molecule has 0 aliphatic rings. The summed E-state index contributed by atoms with van der Waals surface area (Å²) >= 11 is 0. The normalized spacial score (nSPS) is 13.2. The van der Waals surface area contributed by atoms with Crippen LogP contribution < -0.4 is 10.1 Å². The van der Waals surface area contributed by atoms with E-state index >= 15 is 0 Å². The van der Waals surface area contributed by atoms with Gasteiger partial charge in [0.1, 0.15) is 11.9 Å². The van der Waals surface area contributed by atoms with Crippen LogP contribution in [-0.2, 0) is 25.7 Å². The summed E-state index contributed by atoms with van der Waals surface area (Å²) in [7, 11) is 2.85. The van der Waals surface area contributed by atoms with Crippen LogP contribution in [0.3, 0.4) is 0 Å². The molecule has 0 spiro atoms. The number of ether oxygens (including phenoxy) is 3. The quantitative estimate of drug-likeness (QED) is 0.701. The molecule has 0 heterocycles. The zero-order valence-corrected chi connectivity index (χ0v) is 12.9. The Morgan fingerprint density at radius 3 is 2.64 bits per heavy atom. The highest BCUT2D eigenvalue weighted by Crippen LogP contribution is 2.13. The van der Waals surface area contributed by atoms with Gasteiger partial charge in [0.25, 0.3) is 0 Å². The first-order valence-corrected chi connectivity index (χ1v) is 6.75. The van der Waals surface area contributed by atoms with E-state index in [1.165, 1.54) is 7.11 Å². The fourth-order valence-electron chi connectivity index (χ4n) is 1.67. The van der Waals surface area contributed by atoms with Crippen molar-refractivity contribution < 1.29 is 28.9 Å². The third-order valence-corrected chi connectivity index (χ3v) is 3.03. The fraction of sp³-hybridized carbons (Fsp3) is 0.467. The summed E-state index contributed by atoms with van der Waals surface area (Å²) in [6.07, 6.45) is -1.79. The lowest BCUT2D eigenvalue weighted by molar-refractivity contribution is -0.148. The van der Waals surface area contributed by atoms with Crippen molar-refractivity contribution >= 4 is 11.9 Å². The van der Waals surface area contributed by atoms with E-state index in [9.17, 15) is 9.59 Å². The first-order chi connectivity index (χ1) is 10.5. The number of benzene rings is 1. The molecule has 1 aromatic rings. The molecule has 2 unspecified atom stereocenters. The summed E-state index contributed by atoms with van der Waals surface area (Å²) in [5.41, 5.74) is 0.874. The van der Waals surface area contributed by atoms with Crippen molar-refractivity contribution in [2.45, 2.75) is 25.7 Å². The molecular weight excluding hydrogens is 290 g/mol. The zero-order valence-electron chi connectivity index (χ0n) is 12.9. The SMILES string of the molecule is COc1cccc(COC(C)C(=O)NCC(OC)C(=O)O)c1. The molecule has 0 saturated carbocycles. The number of rotatable bonds is 9. The number of carbonyl (C=O) groups is 2. The standard InChI is InChI=1S/C15H21NO6/c1-10(14(17)16-8-13(21-3)15(18)19)22-9-11-5-4-6-12(7-11)20-2/h4-7,10,13H,8-9H2,1-3H3,(H,16,17)(H,18,19). The monoisotopic (exact) mass is 311 g/mol. The van der Waals surface area contributed by atoms with Gasteiger partial charge in [0.05, 0.1) is 20.3 Å². The third kappa shape index (κ3) is 5.71. The van der Waals surface area contributed by atoms with Gasteiger partial charge < -0.3 is 24.6 Å². The Balaban J connectivity index is 2.42. The molecular formula is C15H21NO6. The molecule has 1 aromatic carbocycles. The number of methoxy groups -OCH3 is 2. The molecule has 2 N–H and O–H groups in total.